The van der Waals surface area contributed by atoms with Gasteiger partial charge < -0.3 is 5.73 Å². The molecule has 0 aliphatic carbocycles. The van der Waals surface area contributed by atoms with E-state index in [2.05, 4.69) is 9.97 Å². The van der Waals surface area contributed by atoms with Gasteiger partial charge in [0.05, 0.1) is 17.6 Å². The Morgan fingerprint density at radius 3 is 2.60 bits per heavy atom. The van der Waals surface area contributed by atoms with E-state index in [9.17, 15) is 18.8 Å². The average molecular weight is 476 g/mol. The zero-order valence-corrected chi connectivity index (χ0v) is 19.5. The number of H-pyrrole nitrogens is 1. The lowest BCUT2D eigenvalue weighted by molar-refractivity contribution is 0.0986. The number of pyridine rings is 1. The number of fused-ring (bicyclic) bond motifs is 1. The number of amides is 1. The molecule has 0 aliphatic heterocycles. The average Bonchev–Trinajstić information content (AvgIpc) is 2.82. The maximum Gasteiger partial charge on any atom is 0.330 e. The van der Waals surface area contributed by atoms with Gasteiger partial charge in [-0.2, -0.15) is 0 Å². The van der Waals surface area contributed by atoms with Gasteiger partial charge in [0.15, 0.2) is 5.69 Å². The Hall–Kier alpha value is -4.27. The Balaban J connectivity index is 1.94. The molecule has 0 spiro atoms. The number of nitrogen functional groups attached to an aromatic ring is 1. The molecule has 2 heterocycles. The normalized spacial score (nSPS) is 11.1. The summed E-state index contributed by atoms with van der Waals surface area (Å²) in [7, 11) is 0. The van der Waals surface area contributed by atoms with E-state index < -0.39 is 23.0 Å². The van der Waals surface area contributed by atoms with E-state index in [1.165, 1.54) is 27.7 Å². The van der Waals surface area contributed by atoms with Crippen LogP contribution in [0.3, 0.4) is 0 Å². The lowest BCUT2D eigenvalue weighted by Crippen LogP contribution is -2.41. The topological polar surface area (TPSA) is 114 Å². The largest absolute Gasteiger partial charge is 0.383 e. The molecule has 0 aliphatic rings. The molecule has 3 N–H and O–H groups in total. The lowest BCUT2D eigenvalue weighted by Gasteiger charge is -2.25. The highest BCUT2D eigenvalue weighted by Gasteiger charge is 2.27. The Morgan fingerprint density at radius 2 is 1.89 bits per heavy atom. The van der Waals surface area contributed by atoms with Crippen molar-refractivity contribution in [2.24, 2.45) is 0 Å². The predicted octanol–water partition coefficient (Wildman–Crippen LogP) is 3.76. The maximum absolute atomic E-state index is 14.0. The van der Waals surface area contributed by atoms with Crippen molar-refractivity contribution in [3.63, 3.8) is 0 Å². The fourth-order valence-corrected chi connectivity index (χ4v) is 4.05. The minimum Gasteiger partial charge on any atom is -0.383 e. The first-order chi connectivity index (χ1) is 16.8. The molecule has 0 radical (unpaired) electrons. The van der Waals surface area contributed by atoms with E-state index in [1.807, 2.05) is 37.3 Å². The minimum absolute atomic E-state index is 0.0307. The standard InChI is InChI=1S/C26H26FN5O3/c1-3-4-12-31-23(28)22(24(33)30-26(31)35)32(15-17-8-6-5-7-9-17)25(34)20-13-16(2)29-21-14-18(27)10-11-19(20)21/h5-11,13-14H,3-4,12,15,28H2,1-2H3,(H,30,33,35). The fraction of sp³-hybridized carbons (Fsp3) is 0.231. The number of nitrogens with one attached hydrogen (secondary N) is 1. The molecule has 4 rings (SSSR count). The molecule has 180 valence electrons. The van der Waals surface area contributed by atoms with Gasteiger partial charge in [0, 0.05) is 23.7 Å². The molecule has 8 nitrogen and oxygen atoms in total. The number of carbonyl (C=O) groups excluding carboxylic acids is 1. The number of hydrogen-bond acceptors (Lipinski definition) is 5. The summed E-state index contributed by atoms with van der Waals surface area (Å²) in [5.41, 5.74) is 6.69. The monoisotopic (exact) mass is 475 g/mol. The highest BCUT2D eigenvalue weighted by Crippen LogP contribution is 2.26. The second-order valence-corrected chi connectivity index (χ2v) is 8.35. The van der Waals surface area contributed by atoms with Gasteiger partial charge in [0.25, 0.3) is 11.5 Å². The van der Waals surface area contributed by atoms with Crippen LogP contribution in [0, 0.1) is 12.7 Å². The van der Waals surface area contributed by atoms with Crippen molar-refractivity contribution in [3.05, 3.63) is 98.1 Å². The number of nitrogens with two attached hydrogens (primary N) is 1. The van der Waals surface area contributed by atoms with Crippen molar-refractivity contribution in [2.45, 2.75) is 39.8 Å². The smallest absolute Gasteiger partial charge is 0.330 e. The molecule has 4 aromatic rings. The van der Waals surface area contributed by atoms with Crippen LogP contribution in [0.1, 0.15) is 41.4 Å². The van der Waals surface area contributed by atoms with E-state index in [-0.39, 0.29) is 23.6 Å². The first-order valence-corrected chi connectivity index (χ1v) is 11.4. The molecule has 1 amide bonds. The third-order valence-corrected chi connectivity index (χ3v) is 5.78. The summed E-state index contributed by atoms with van der Waals surface area (Å²) >= 11 is 0. The first kappa shape index (κ1) is 23.9. The second kappa shape index (κ2) is 9.92. The highest BCUT2D eigenvalue weighted by atomic mass is 19.1. The Bertz CT molecular complexity index is 1510. The molecule has 0 fully saturated rings. The second-order valence-electron chi connectivity index (χ2n) is 8.35. The highest BCUT2D eigenvalue weighted by molar-refractivity contribution is 6.14. The number of aromatic amines is 1. The Kier molecular flexibility index (Phi) is 6.77. The first-order valence-electron chi connectivity index (χ1n) is 11.4. The van der Waals surface area contributed by atoms with Crippen LogP contribution in [0.15, 0.2) is 64.2 Å². The van der Waals surface area contributed by atoms with Gasteiger partial charge in [-0.3, -0.25) is 29.0 Å². The molecule has 0 bridgehead atoms. The SMILES string of the molecule is CCCCn1c(N)c(N(Cc2ccccc2)C(=O)c2cc(C)nc3cc(F)ccc23)c(=O)[nH]c1=O. The van der Waals surface area contributed by atoms with E-state index in [0.29, 0.717) is 29.6 Å². The van der Waals surface area contributed by atoms with Gasteiger partial charge in [0.1, 0.15) is 11.6 Å². The number of rotatable bonds is 7. The number of anilines is 2. The van der Waals surface area contributed by atoms with E-state index in [4.69, 9.17) is 5.73 Å². The summed E-state index contributed by atoms with van der Waals surface area (Å²) in [5.74, 6) is -1.08. The Morgan fingerprint density at radius 1 is 1.14 bits per heavy atom. The molecule has 0 atom stereocenters. The van der Waals surface area contributed by atoms with E-state index in [0.717, 1.165) is 12.0 Å². The third-order valence-electron chi connectivity index (χ3n) is 5.78. The van der Waals surface area contributed by atoms with E-state index >= 15 is 0 Å². The van der Waals surface area contributed by atoms with Crippen LogP contribution in [0.25, 0.3) is 10.9 Å². The summed E-state index contributed by atoms with van der Waals surface area (Å²) < 4.78 is 15.1. The van der Waals surface area contributed by atoms with E-state index in [1.54, 1.807) is 13.0 Å². The van der Waals surface area contributed by atoms with Crippen molar-refractivity contribution >= 4 is 28.3 Å². The van der Waals surface area contributed by atoms with Crippen LogP contribution in [0.4, 0.5) is 15.9 Å². The summed E-state index contributed by atoms with van der Waals surface area (Å²) in [6.07, 6.45) is 1.48. The van der Waals surface area contributed by atoms with Crippen LogP contribution in [-0.2, 0) is 13.1 Å². The quantitative estimate of drug-likeness (QED) is 0.422. The molecular formula is C26H26FN5O3. The number of carbonyl (C=O) groups is 1. The summed E-state index contributed by atoms with van der Waals surface area (Å²) in [5, 5.41) is 0.439. The summed E-state index contributed by atoms with van der Waals surface area (Å²) in [6, 6.07) is 14.7. The summed E-state index contributed by atoms with van der Waals surface area (Å²) in [6.45, 7) is 4.01. The number of benzene rings is 2. The van der Waals surface area contributed by atoms with Gasteiger partial charge >= 0.3 is 5.69 Å². The van der Waals surface area contributed by atoms with Crippen molar-refractivity contribution in [1.82, 2.24) is 14.5 Å². The summed E-state index contributed by atoms with van der Waals surface area (Å²) in [4.78, 5) is 47.4. The predicted molar refractivity (Wildman–Crippen MR) is 134 cm³/mol. The van der Waals surface area contributed by atoms with Gasteiger partial charge in [-0.1, -0.05) is 43.7 Å². The van der Waals surface area contributed by atoms with Crippen LogP contribution in [-0.4, -0.2) is 20.4 Å². The van der Waals surface area contributed by atoms with Crippen molar-refractivity contribution < 1.29 is 9.18 Å². The molecular weight excluding hydrogens is 449 g/mol. The number of halogens is 1. The van der Waals surface area contributed by atoms with Gasteiger partial charge in [-0.25, -0.2) is 9.18 Å². The number of nitrogens with zero attached hydrogens (tertiary/aromatic N) is 3. The Labute approximate surface area is 200 Å². The van der Waals surface area contributed by atoms with Crippen molar-refractivity contribution in [1.29, 1.82) is 0 Å². The number of aromatic nitrogens is 3. The van der Waals surface area contributed by atoms with Crippen LogP contribution < -0.4 is 21.9 Å². The van der Waals surface area contributed by atoms with Crippen LogP contribution in [0.5, 0.6) is 0 Å². The molecule has 0 saturated carbocycles. The molecule has 0 saturated heterocycles. The number of unbranched alkanes of at least 4 members (excludes halogenated alkanes) is 1. The third kappa shape index (κ3) is 4.84. The fourth-order valence-electron chi connectivity index (χ4n) is 4.05. The zero-order valence-electron chi connectivity index (χ0n) is 19.5. The van der Waals surface area contributed by atoms with Gasteiger partial charge in [0.2, 0.25) is 0 Å². The van der Waals surface area contributed by atoms with Crippen LogP contribution >= 0.6 is 0 Å². The van der Waals surface area contributed by atoms with Gasteiger partial charge in [-0.05, 0) is 37.1 Å². The molecule has 2 aromatic carbocycles. The molecule has 9 heteroatoms. The molecule has 2 aromatic heterocycles. The lowest BCUT2D eigenvalue weighted by atomic mass is 10.1. The van der Waals surface area contributed by atoms with Crippen LogP contribution in [0.2, 0.25) is 0 Å². The maximum atomic E-state index is 14.0. The molecule has 0 unspecified atom stereocenters. The minimum atomic E-state index is -0.759. The van der Waals surface area contributed by atoms with Crippen molar-refractivity contribution in [3.8, 4) is 0 Å². The number of hydrogen-bond donors (Lipinski definition) is 2. The van der Waals surface area contributed by atoms with Gasteiger partial charge in [-0.15, -0.1) is 0 Å². The van der Waals surface area contributed by atoms with Crippen molar-refractivity contribution in [2.75, 3.05) is 10.6 Å². The molecule has 35 heavy (non-hydrogen) atoms. The number of aryl methyl sites for hydroxylation is 1. The zero-order chi connectivity index (χ0) is 25.1.